The van der Waals surface area contributed by atoms with Crippen LogP contribution in [0.25, 0.3) is 0 Å². The van der Waals surface area contributed by atoms with Crippen molar-refractivity contribution in [2.24, 2.45) is 0 Å². The number of hydrogen-bond donors (Lipinski definition) is 4. The third-order valence-corrected chi connectivity index (χ3v) is 11.3. The van der Waals surface area contributed by atoms with Crippen LogP contribution in [-0.2, 0) is 13.9 Å². The molecule has 0 heterocycles. The third kappa shape index (κ3) is 40.7. The minimum absolute atomic E-state index is 0.187. The van der Waals surface area contributed by atoms with Gasteiger partial charge >= 0.3 is 7.82 Å². The molecule has 7 nitrogen and oxygen atoms in total. The molecule has 1 amide bonds. The normalized spacial score (nSPS) is 13.1. The molecule has 0 aliphatic rings. The fourth-order valence-corrected chi connectivity index (χ4v) is 7.70. The minimum Gasteiger partial charge on any atom is -0.391 e. The molecule has 2 atom stereocenters. The average molecular weight is 760 g/mol. The summed E-state index contributed by atoms with van der Waals surface area (Å²) in [6, 6.07) is -0.818. The van der Waals surface area contributed by atoms with Gasteiger partial charge in [-0.2, -0.15) is 0 Å². The zero-order valence-electron chi connectivity index (χ0n) is 34.7. The number of phosphoric acid groups is 1. The van der Waals surface area contributed by atoms with Crippen LogP contribution in [0.5, 0.6) is 0 Å². The molecule has 0 aromatic heterocycles. The van der Waals surface area contributed by atoms with Crippen molar-refractivity contribution in [1.82, 2.24) is 5.32 Å². The first-order valence-electron chi connectivity index (χ1n) is 23.0. The Morgan fingerprint density at radius 3 is 1.04 bits per heavy atom. The Balaban J connectivity index is 3.80. The molecule has 0 bridgehead atoms. The summed E-state index contributed by atoms with van der Waals surface area (Å²) in [5.74, 6) is -0.187. The van der Waals surface area contributed by atoms with Gasteiger partial charge in [0.1, 0.15) is 0 Å². The first kappa shape index (κ1) is 51.5. The Morgan fingerprint density at radius 1 is 0.481 bits per heavy atom. The molecule has 4 N–H and O–H groups in total. The highest BCUT2D eigenvalue weighted by atomic mass is 31.2. The van der Waals surface area contributed by atoms with E-state index in [1.54, 1.807) is 0 Å². The van der Waals surface area contributed by atoms with Crippen molar-refractivity contribution in [2.75, 3.05) is 6.61 Å². The number of carbonyl (C=O) groups excluding carboxylic acids is 1. The number of unbranched alkanes of at least 4 members (excludes halogenated alkanes) is 34. The Morgan fingerprint density at radius 2 is 0.750 bits per heavy atom. The molecule has 312 valence electrons. The van der Waals surface area contributed by atoms with Gasteiger partial charge in [0, 0.05) is 6.42 Å². The van der Waals surface area contributed by atoms with Crippen LogP contribution in [-0.4, -0.2) is 39.6 Å². The lowest BCUT2D eigenvalue weighted by Gasteiger charge is -2.24. The van der Waals surface area contributed by atoms with Crippen molar-refractivity contribution in [2.45, 2.75) is 270 Å². The minimum atomic E-state index is -4.69. The monoisotopic (exact) mass is 760 g/mol. The van der Waals surface area contributed by atoms with Gasteiger partial charge in [-0.1, -0.05) is 239 Å². The molecule has 0 fully saturated rings. The zero-order valence-corrected chi connectivity index (χ0v) is 35.6. The Hall–Kier alpha value is -0.460. The second-order valence-electron chi connectivity index (χ2n) is 16.1. The largest absolute Gasteiger partial charge is 0.469 e. The van der Waals surface area contributed by atoms with Gasteiger partial charge in [0.25, 0.3) is 0 Å². The summed E-state index contributed by atoms with van der Waals surface area (Å²) in [7, 11) is -4.69. The molecule has 0 saturated carbocycles. The molecule has 0 unspecified atom stereocenters. The smallest absolute Gasteiger partial charge is 0.391 e. The summed E-state index contributed by atoms with van der Waals surface area (Å²) in [6.45, 7) is 4.15. The maximum atomic E-state index is 12.6. The van der Waals surface area contributed by atoms with E-state index in [-0.39, 0.29) is 5.91 Å². The van der Waals surface area contributed by atoms with Crippen LogP contribution < -0.4 is 5.32 Å². The van der Waals surface area contributed by atoms with Gasteiger partial charge in [-0.3, -0.25) is 9.32 Å². The van der Waals surface area contributed by atoms with Crippen molar-refractivity contribution in [3.8, 4) is 0 Å². The lowest BCUT2D eigenvalue weighted by molar-refractivity contribution is -0.123. The van der Waals surface area contributed by atoms with Crippen LogP contribution in [0, 0.1) is 0 Å². The van der Waals surface area contributed by atoms with Crippen molar-refractivity contribution in [1.29, 1.82) is 0 Å². The second-order valence-corrected chi connectivity index (χ2v) is 17.3. The summed E-state index contributed by atoms with van der Waals surface area (Å²) in [4.78, 5) is 31.0. The van der Waals surface area contributed by atoms with E-state index in [2.05, 4.69) is 23.7 Å². The molecule has 0 spiro atoms. The number of rotatable bonds is 43. The molecular formula is C44H90NO6P. The maximum absolute atomic E-state index is 12.6. The van der Waals surface area contributed by atoms with Crippen molar-refractivity contribution in [3.05, 3.63) is 0 Å². The first-order chi connectivity index (χ1) is 25.3. The van der Waals surface area contributed by atoms with E-state index in [1.165, 1.54) is 193 Å². The third-order valence-electron chi connectivity index (χ3n) is 10.8. The van der Waals surface area contributed by atoms with E-state index in [1.807, 2.05) is 0 Å². The quantitative estimate of drug-likeness (QED) is 0.0363. The Bertz CT molecular complexity index is 778. The summed E-state index contributed by atoms with van der Waals surface area (Å²) >= 11 is 0. The van der Waals surface area contributed by atoms with Crippen molar-refractivity contribution >= 4 is 13.7 Å². The SMILES string of the molecule is CCCCCCCCCCCCCCCCCCCCCCCC(=O)N[C@@H](COP(=O)(O)O)[C@H](O)CCCCCCCCCCCCCCCCC. The molecule has 0 saturated heterocycles. The van der Waals surface area contributed by atoms with E-state index in [0.717, 1.165) is 38.5 Å². The van der Waals surface area contributed by atoms with Crippen LogP contribution in [0.15, 0.2) is 0 Å². The van der Waals surface area contributed by atoms with Gasteiger partial charge in [-0.15, -0.1) is 0 Å². The van der Waals surface area contributed by atoms with Gasteiger partial charge in [-0.05, 0) is 12.8 Å². The van der Waals surface area contributed by atoms with E-state index >= 15 is 0 Å². The number of nitrogens with one attached hydrogen (secondary N) is 1. The van der Waals surface area contributed by atoms with Gasteiger partial charge in [0.2, 0.25) is 5.91 Å². The molecule has 0 aromatic rings. The number of hydrogen-bond acceptors (Lipinski definition) is 4. The molecule has 0 aromatic carbocycles. The topological polar surface area (TPSA) is 116 Å². The predicted molar refractivity (Wildman–Crippen MR) is 223 cm³/mol. The lowest BCUT2D eigenvalue weighted by Crippen LogP contribution is -2.46. The second kappa shape index (κ2) is 40.2. The number of aliphatic hydroxyl groups is 1. The number of aliphatic hydroxyl groups excluding tert-OH is 1. The molecule has 0 rings (SSSR count). The summed E-state index contributed by atoms with van der Waals surface area (Å²) in [5, 5.41) is 13.6. The van der Waals surface area contributed by atoms with Crippen LogP contribution in [0.1, 0.15) is 258 Å². The fraction of sp³-hybridized carbons (Fsp3) is 0.977. The van der Waals surface area contributed by atoms with Gasteiger partial charge in [-0.25, -0.2) is 4.57 Å². The maximum Gasteiger partial charge on any atom is 0.469 e. The van der Waals surface area contributed by atoms with Crippen LogP contribution in [0.2, 0.25) is 0 Å². The van der Waals surface area contributed by atoms with Gasteiger partial charge in [0.15, 0.2) is 0 Å². The molecule has 0 aliphatic carbocycles. The van der Waals surface area contributed by atoms with Crippen LogP contribution in [0.4, 0.5) is 0 Å². The number of carbonyl (C=O) groups is 1. The first-order valence-corrected chi connectivity index (χ1v) is 24.5. The highest BCUT2D eigenvalue weighted by molar-refractivity contribution is 7.46. The van der Waals surface area contributed by atoms with Crippen LogP contribution >= 0.6 is 7.82 Å². The van der Waals surface area contributed by atoms with E-state index in [9.17, 15) is 24.3 Å². The standard InChI is InChI=1S/C44H90NO6P/c1-3-5-7-9-11-13-15-17-19-20-21-22-23-24-26-28-30-32-34-36-38-40-44(47)45-42(41-51-52(48,49)50)43(46)39-37-35-33-31-29-27-25-18-16-14-12-10-8-6-4-2/h42-43,46H,3-41H2,1-2H3,(H,45,47)(H2,48,49,50)/t42-,43+/m0/s1. The van der Waals surface area contributed by atoms with E-state index in [4.69, 9.17) is 0 Å². The van der Waals surface area contributed by atoms with Gasteiger partial charge < -0.3 is 20.2 Å². The summed E-state index contributed by atoms with van der Waals surface area (Å²) in [5.41, 5.74) is 0. The van der Waals surface area contributed by atoms with Crippen molar-refractivity contribution in [3.63, 3.8) is 0 Å². The Kier molecular flexibility index (Phi) is 39.9. The van der Waals surface area contributed by atoms with Crippen LogP contribution in [0.3, 0.4) is 0 Å². The number of phosphoric ester groups is 1. The molecule has 0 aliphatic heterocycles. The lowest BCUT2D eigenvalue weighted by atomic mass is 10.0. The Labute approximate surface area is 323 Å². The molecule has 52 heavy (non-hydrogen) atoms. The highest BCUT2D eigenvalue weighted by Crippen LogP contribution is 2.36. The zero-order chi connectivity index (χ0) is 38.2. The van der Waals surface area contributed by atoms with E-state index in [0.29, 0.717) is 12.8 Å². The summed E-state index contributed by atoms with van der Waals surface area (Å²) < 4.78 is 16.0. The fourth-order valence-electron chi connectivity index (χ4n) is 7.35. The predicted octanol–water partition coefficient (Wildman–Crippen LogP) is 13.8. The molecule has 0 radical (unpaired) electrons. The number of amides is 1. The molecular weight excluding hydrogens is 669 g/mol. The van der Waals surface area contributed by atoms with Gasteiger partial charge in [0.05, 0.1) is 18.8 Å². The van der Waals surface area contributed by atoms with E-state index < -0.39 is 26.6 Å². The highest BCUT2D eigenvalue weighted by Gasteiger charge is 2.25. The average Bonchev–Trinajstić information content (AvgIpc) is 3.11. The summed E-state index contributed by atoms with van der Waals surface area (Å²) in [6.07, 6.45) is 46.6. The van der Waals surface area contributed by atoms with Crippen molar-refractivity contribution < 1.29 is 28.8 Å². The molecule has 8 heteroatoms.